The first-order valence-corrected chi connectivity index (χ1v) is 6.21. The number of rotatable bonds is 4. The van der Waals surface area contributed by atoms with Crippen molar-refractivity contribution < 1.29 is 9.53 Å². The number of hydrogen-bond acceptors (Lipinski definition) is 2. The first kappa shape index (κ1) is 13.5. The van der Waals surface area contributed by atoms with Crippen LogP contribution in [0.15, 0.2) is 0 Å². The average molecular weight is 227 g/mol. The standard InChI is InChI=1S/C13H25NO2/c1-10(2)13(3,4)12(15)14-8-6-7-11(14)9-16-5/h10-11H,6-9H2,1-5H3. The molecule has 1 rings (SSSR count). The molecule has 1 aliphatic heterocycles. The SMILES string of the molecule is COCC1CCCN1C(=O)C(C)(C)C(C)C. The third-order valence-electron chi connectivity index (χ3n) is 3.99. The molecule has 3 nitrogen and oxygen atoms in total. The lowest BCUT2D eigenvalue weighted by atomic mass is 9.79. The zero-order valence-electron chi connectivity index (χ0n) is 11.2. The van der Waals surface area contributed by atoms with Gasteiger partial charge in [0.15, 0.2) is 0 Å². The molecule has 1 fully saturated rings. The van der Waals surface area contributed by atoms with Crippen LogP contribution in [0.1, 0.15) is 40.5 Å². The molecule has 1 unspecified atom stereocenters. The molecule has 1 aliphatic rings. The van der Waals surface area contributed by atoms with Gasteiger partial charge in [-0.15, -0.1) is 0 Å². The Hall–Kier alpha value is -0.570. The van der Waals surface area contributed by atoms with Crippen LogP contribution in [0.4, 0.5) is 0 Å². The van der Waals surface area contributed by atoms with E-state index in [0.29, 0.717) is 12.5 Å². The highest BCUT2D eigenvalue weighted by Crippen LogP contribution is 2.32. The molecule has 1 heterocycles. The first-order valence-electron chi connectivity index (χ1n) is 6.21. The fraction of sp³-hybridized carbons (Fsp3) is 0.923. The van der Waals surface area contributed by atoms with Crippen LogP contribution in [0.5, 0.6) is 0 Å². The number of methoxy groups -OCH3 is 1. The summed E-state index contributed by atoms with van der Waals surface area (Å²) < 4.78 is 5.19. The lowest BCUT2D eigenvalue weighted by molar-refractivity contribution is -0.144. The Morgan fingerprint density at radius 3 is 2.62 bits per heavy atom. The van der Waals surface area contributed by atoms with Crippen molar-refractivity contribution in [2.75, 3.05) is 20.3 Å². The van der Waals surface area contributed by atoms with Crippen LogP contribution in [0, 0.1) is 11.3 Å². The molecule has 3 heteroatoms. The van der Waals surface area contributed by atoms with Gasteiger partial charge in [0.2, 0.25) is 5.91 Å². The maximum Gasteiger partial charge on any atom is 0.228 e. The van der Waals surface area contributed by atoms with Crippen LogP contribution >= 0.6 is 0 Å². The fourth-order valence-corrected chi connectivity index (χ4v) is 2.09. The molecule has 0 aromatic carbocycles. The molecule has 0 aliphatic carbocycles. The molecular weight excluding hydrogens is 202 g/mol. The summed E-state index contributed by atoms with van der Waals surface area (Å²) in [5.41, 5.74) is -0.268. The van der Waals surface area contributed by atoms with Crippen molar-refractivity contribution in [2.24, 2.45) is 11.3 Å². The molecule has 0 N–H and O–H groups in total. The van der Waals surface area contributed by atoms with Gasteiger partial charge in [-0.25, -0.2) is 0 Å². The molecule has 0 radical (unpaired) electrons. The van der Waals surface area contributed by atoms with E-state index in [1.807, 2.05) is 18.7 Å². The van der Waals surface area contributed by atoms with Crippen LogP contribution in [0.2, 0.25) is 0 Å². The number of nitrogens with zero attached hydrogens (tertiary/aromatic N) is 1. The highest BCUT2D eigenvalue weighted by atomic mass is 16.5. The Morgan fingerprint density at radius 2 is 2.12 bits per heavy atom. The molecule has 1 amide bonds. The van der Waals surface area contributed by atoms with E-state index in [4.69, 9.17) is 4.74 Å². The van der Waals surface area contributed by atoms with Gasteiger partial charge in [-0.05, 0) is 18.8 Å². The lowest BCUT2D eigenvalue weighted by Crippen LogP contribution is -2.47. The molecule has 16 heavy (non-hydrogen) atoms. The van der Waals surface area contributed by atoms with Crippen LogP contribution in [-0.2, 0) is 9.53 Å². The minimum absolute atomic E-state index is 0.268. The number of hydrogen-bond donors (Lipinski definition) is 0. The van der Waals surface area contributed by atoms with Gasteiger partial charge in [-0.3, -0.25) is 4.79 Å². The zero-order chi connectivity index (χ0) is 12.3. The zero-order valence-corrected chi connectivity index (χ0v) is 11.2. The summed E-state index contributed by atoms with van der Waals surface area (Å²) in [7, 11) is 1.70. The van der Waals surface area contributed by atoms with Crippen molar-refractivity contribution >= 4 is 5.91 Å². The summed E-state index contributed by atoms with van der Waals surface area (Å²) >= 11 is 0. The first-order chi connectivity index (χ1) is 7.41. The van der Waals surface area contributed by atoms with E-state index in [0.717, 1.165) is 19.4 Å². The molecule has 0 bridgehead atoms. The van der Waals surface area contributed by atoms with Crippen molar-refractivity contribution in [1.82, 2.24) is 4.90 Å². The van der Waals surface area contributed by atoms with Crippen molar-refractivity contribution in [3.05, 3.63) is 0 Å². The second-order valence-corrected chi connectivity index (χ2v) is 5.63. The van der Waals surface area contributed by atoms with Crippen LogP contribution in [0.3, 0.4) is 0 Å². The maximum absolute atomic E-state index is 12.5. The number of amides is 1. The van der Waals surface area contributed by atoms with Crippen molar-refractivity contribution in [1.29, 1.82) is 0 Å². The monoisotopic (exact) mass is 227 g/mol. The van der Waals surface area contributed by atoms with Gasteiger partial charge in [-0.2, -0.15) is 0 Å². The summed E-state index contributed by atoms with van der Waals surface area (Å²) in [6.07, 6.45) is 2.18. The minimum atomic E-state index is -0.268. The summed E-state index contributed by atoms with van der Waals surface area (Å²) in [4.78, 5) is 14.5. The highest BCUT2D eigenvalue weighted by Gasteiger charge is 2.39. The largest absolute Gasteiger partial charge is 0.383 e. The molecule has 1 atom stereocenters. The van der Waals surface area contributed by atoms with Crippen molar-refractivity contribution in [2.45, 2.75) is 46.6 Å². The molecule has 0 aromatic heterocycles. The average Bonchev–Trinajstić information content (AvgIpc) is 2.65. The quantitative estimate of drug-likeness (QED) is 0.737. The number of likely N-dealkylation sites (tertiary alicyclic amines) is 1. The maximum atomic E-state index is 12.5. The minimum Gasteiger partial charge on any atom is -0.383 e. The molecule has 0 spiro atoms. The fourth-order valence-electron chi connectivity index (χ4n) is 2.09. The highest BCUT2D eigenvalue weighted by molar-refractivity contribution is 5.82. The summed E-state index contributed by atoms with van der Waals surface area (Å²) in [6, 6.07) is 0.288. The van der Waals surface area contributed by atoms with Gasteiger partial charge in [-0.1, -0.05) is 27.7 Å². The van der Waals surface area contributed by atoms with E-state index in [1.54, 1.807) is 7.11 Å². The van der Waals surface area contributed by atoms with Crippen molar-refractivity contribution in [3.63, 3.8) is 0 Å². The number of carbonyl (C=O) groups excluding carboxylic acids is 1. The summed E-state index contributed by atoms with van der Waals surface area (Å²) in [5.74, 6) is 0.644. The molecular formula is C13H25NO2. The van der Waals surface area contributed by atoms with E-state index in [-0.39, 0.29) is 17.4 Å². The Kier molecular flexibility index (Phi) is 4.36. The van der Waals surface area contributed by atoms with E-state index in [9.17, 15) is 4.79 Å². The third kappa shape index (κ3) is 2.57. The Labute approximate surface area is 99.1 Å². The number of ether oxygens (including phenoxy) is 1. The van der Waals surface area contributed by atoms with Gasteiger partial charge < -0.3 is 9.64 Å². The second kappa shape index (κ2) is 5.17. The van der Waals surface area contributed by atoms with Crippen molar-refractivity contribution in [3.8, 4) is 0 Å². The molecule has 1 saturated heterocycles. The topological polar surface area (TPSA) is 29.5 Å². The lowest BCUT2D eigenvalue weighted by Gasteiger charge is -2.35. The molecule has 94 valence electrons. The predicted octanol–water partition coefficient (Wildman–Crippen LogP) is 2.31. The Morgan fingerprint density at radius 1 is 1.50 bits per heavy atom. The van der Waals surface area contributed by atoms with E-state index >= 15 is 0 Å². The Bertz CT molecular complexity index is 248. The molecule has 0 aromatic rings. The van der Waals surface area contributed by atoms with E-state index in [1.165, 1.54) is 0 Å². The van der Waals surface area contributed by atoms with Gasteiger partial charge in [0.1, 0.15) is 0 Å². The number of carbonyl (C=O) groups is 1. The summed E-state index contributed by atoms with van der Waals surface area (Å²) in [6.45, 7) is 9.87. The van der Waals surface area contributed by atoms with Crippen LogP contribution in [-0.4, -0.2) is 37.1 Å². The second-order valence-electron chi connectivity index (χ2n) is 5.63. The smallest absolute Gasteiger partial charge is 0.228 e. The molecule has 0 saturated carbocycles. The van der Waals surface area contributed by atoms with Gasteiger partial charge >= 0.3 is 0 Å². The van der Waals surface area contributed by atoms with E-state index in [2.05, 4.69) is 13.8 Å². The third-order valence-corrected chi connectivity index (χ3v) is 3.99. The summed E-state index contributed by atoms with van der Waals surface area (Å²) in [5, 5.41) is 0. The van der Waals surface area contributed by atoms with Crippen LogP contribution < -0.4 is 0 Å². The van der Waals surface area contributed by atoms with Gasteiger partial charge in [0.05, 0.1) is 12.6 Å². The van der Waals surface area contributed by atoms with Crippen LogP contribution in [0.25, 0.3) is 0 Å². The van der Waals surface area contributed by atoms with E-state index < -0.39 is 0 Å². The normalized spacial score (nSPS) is 21.9. The van der Waals surface area contributed by atoms with Gasteiger partial charge in [0, 0.05) is 19.1 Å². The Balaban J connectivity index is 2.73. The predicted molar refractivity (Wildman–Crippen MR) is 65.2 cm³/mol. The van der Waals surface area contributed by atoms with Gasteiger partial charge in [0.25, 0.3) is 0 Å².